The number of hydrogen-bond donors (Lipinski definition) is 4. The van der Waals surface area contributed by atoms with Crippen molar-refractivity contribution in [2.45, 2.75) is 37.9 Å². The molecule has 7 nitrogen and oxygen atoms in total. The highest BCUT2D eigenvalue weighted by atomic mass is 16.2. The van der Waals surface area contributed by atoms with Crippen molar-refractivity contribution in [1.29, 1.82) is 0 Å². The number of para-hydroxylation sites is 2. The number of anilines is 2. The molecular formula is C31H37N5O2. The van der Waals surface area contributed by atoms with Gasteiger partial charge in [0.1, 0.15) is 6.04 Å². The van der Waals surface area contributed by atoms with E-state index in [1.54, 1.807) is 18.2 Å². The summed E-state index contributed by atoms with van der Waals surface area (Å²) in [4.78, 5) is 28.0. The van der Waals surface area contributed by atoms with Gasteiger partial charge in [0.25, 0.3) is 0 Å². The van der Waals surface area contributed by atoms with Crippen LogP contribution in [0.2, 0.25) is 0 Å². The van der Waals surface area contributed by atoms with E-state index in [2.05, 4.69) is 27.9 Å². The van der Waals surface area contributed by atoms with E-state index in [0.29, 0.717) is 24.0 Å². The van der Waals surface area contributed by atoms with Crippen molar-refractivity contribution in [1.82, 2.24) is 15.5 Å². The Balaban J connectivity index is 1.39. The zero-order chi connectivity index (χ0) is 26.7. The second-order valence-electron chi connectivity index (χ2n) is 9.73. The lowest BCUT2D eigenvalue weighted by Crippen LogP contribution is -2.39. The molecule has 0 aromatic heterocycles. The molecule has 198 valence electrons. The molecule has 0 aliphatic carbocycles. The minimum Gasteiger partial charge on any atom is -0.397 e. The van der Waals surface area contributed by atoms with Gasteiger partial charge in [0, 0.05) is 18.7 Å². The van der Waals surface area contributed by atoms with E-state index in [4.69, 9.17) is 5.73 Å². The van der Waals surface area contributed by atoms with Crippen LogP contribution in [0.3, 0.4) is 0 Å². The first-order chi connectivity index (χ1) is 18.5. The SMILES string of the molecule is CN1CCCC1CCNC(C(=O)NCc1ccccc1)c1ccc(C=CC(=O)Nc2ccccc2N)cc1. The Hall–Kier alpha value is -3.94. The fourth-order valence-electron chi connectivity index (χ4n) is 4.74. The Labute approximate surface area is 225 Å². The summed E-state index contributed by atoms with van der Waals surface area (Å²) in [6.07, 6.45) is 6.65. The monoisotopic (exact) mass is 511 g/mol. The van der Waals surface area contributed by atoms with Gasteiger partial charge < -0.3 is 26.6 Å². The fourth-order valence-corrected chi connectivity index (χ4v) is 4.74. The number of carbonyl (C=O) groups is 2. The summed E-state index contributed by atoms with van der Waals surface area (Å²) in [7, 11) is 2.17. The maximum atomic E-state index is 13.2. The summed E-state index contributed by atoms with van der Waals surface area (Å²) in [6, 6.07) is 24.8. The van der Waals surface area contributed by atoms with Gasteiger partial charge in [0.15, 0.2) is 0 Å². The van der Waals surface area contributed by atoms with Crippen molar-refractivity contribution in [3.63, 3.8) is 0 Å². The molecule has 2 amide bonds. The maximum absolute atomic E-state index is 13.2. The van der Waals surface area contributed by atoms with Crippen LogP contribution in [0.15, 0.2) is 84.9 Å². The second-order valence-corrected chi connectivity index (χ2v) is 9.73. The van der Waals surface area contributed by atoms with Crippen LogP contribution in [0.25, 0.3) is 6.08 Å². The summed E-state index contributed by atoms with van der Waals surface area (Å²) in [5.41, 5.74) is 9.80. The Morgan fingerprint density at radius 2 is 1.76 bits per heavy atom. The van der Waals surface area contributed by atoms with Gasteiger partial charge >= 0.3 is 0 Å². The van der Waals surface area contributed by atoms with Gasteiger partial charge in [-0.3, -0.25) is 9.59 Å². The Bertz CT molecular complexity index is 1230. The predicted molar refractivity (Wildman–Crippen MR) is 154 cm³/mol. The predicted octanol–water partition coefficient (Wildman–Crippen LogP) is 4.35. The molecule has 0 saturated carbocycles. The molecule has 3 aromatic rings. The maximum Gasteiger partial charge on any atom is 0.248 e. The normalized spacial score (nSPS) is 16.4. The van der Waals surface area contributed by atoms with Crippen LogP contribution < -0.4 is 21.7 Å². The van der Waals surface area contributed by atoms with Crippen molar-refractivity contribution in [2.75, 3.05) is 31.2 Å². The van der Waals surface area contributed by atoms with E-state index in [0.717, 1.165) is 36.2 Å². The highest BCUT2D eigenvalue weighted by Gasteiger charge is 2.23. The number of nitrogen functional groups attached to an aromatic ring is 1. The van der Waals surface area contributed by atoms with Crippen LogP contribution in [-0.4, -0.2) is 42.9 Å². The van der Waals surface area contributed by atoms with E-state index in [-0.39, 0.29) is 11.8 Å². The van der Waals surface area contributed by atoms with Gasteiger partial charge in [0.05, 0.1) is 11.4 Å². The minimum atomic E-state index is -0.465. The quantitative estimate of drug-likeness (QED) is 0.227. The van der Waals surface area contributed by atoms with Gasteiger partial charge in [-0.1, -0.05) is 66.7 Å². The van der Waals surface area contributed by atoms with Crippen molar-refractivity contribution in [3.05, 3.63) is 102 Å². The van der Waals surface area contributed by atoms with Gasteiger partial charge in [0.2, 0.25) is 11.8 Å². The van der Waals surface area contributed by atoms with Crippen LogP contribution in [0.5, 0.6) is 0 Å². The smallest absolute Gasteiger partial charge is 0.248 e. The molecule has 2 atom stereocenters. The Morgan fingerprint density at radius 1 is 1.03 bits per heavy atom. The van der Waals surface area contributed by atoms with Crippen molar-refractivity contribution in [2.24, 2.45) is 0 Å². The van der Waals surface area contributed by atoms with Crippen molar-refractivity contribution >= 4 is 29.3 Å². The zero-order valence-corrected chi connectivity index (χ0v) is 21.9. The molecule has 5 N–H and O–H groups in total. The third kappa shape index (κ3) is 7.78. The van der Waals surface area contributed by atoms with Crippen LogP contribution >= 0.6 is 0 Å². The molecule has 7 heteroatoms. The number of nitrogens with zero attached hydrogens (tertiary/aromatic N) is 1. The van der Waals surface area contributed by atoms with Crippen LogP contribution in [0.1, 0.15) is 42.0 Å². The summed E-state index contributed by atoms with van der Waals surface area (Å²) in [5, 5.41) is 9.35. The van der Waals surface area contributed by atoms with Crippen molar-refractivity contribution < 1.29 is 9.59 Å². The number of carbonyl (C=O) groups excluding carboxylic acids is 2. The average molecular weight is 512 g/mol. The number of rotatable bonds is 11. The molecule has 2 unspecified atom stereocenters. The van der Waals surface area contributed by atoms with E-state index >= 15 is 0 Å². The van der Waals surface area contributed by atoms with E-state index in [1.807, 2.05) is 66.7 Å². The molecule has 0 spiro atoms. The lowest BCUT2D eigenvalue weighted by atomic mass is 10.0. The lowest BCUT2D eigenvalue weighted by Gasteiger charge is -2.23. The second kappa shape index (κ2) is 13.6. The summed E-state index contributed by atoms with van der Waals surface area (Å²) in [6.45, 7) is 2.37. The molecule has 0 bridgehead atoms. The highest BCUT2D eigenvalue weighted by Crippen LogP contribution is 2.20. The number of likely N-dealkylation sites (tertiary alicyclic amines) is 1. The summed E-state index contributed by atoms with van der Waals surface area (Å²) >= 11 is 0. The van der Waals surface area contributed by atoms with Crippen LogP contribution in [0, 0.1) is 0 Å². The molecule has 1 saturated heterocycles. The van der Waals surface area contributed by atoms with Gasteiger partial charge in [-0.25, -0.2) is 0 Å². The van der Waals surface area contributed by atoms with Gasteiger partial charge in [-0.05, 0) is 74.3 Å². The lowest BCUT2D eigenvalue weighted by molar-refractivity contribution is -0.123. The number of nitrogens with two attached hydrogens (primary N) is 1. The Morgan fingerprint density at radius 3 is 2.47 bits per heavy atom. The molecule has 1 heterocycles. The Kier molecular flexibility index (Phi) is 9.67. The van der Waals surface area contributed by atoms with E-state index in [1.165, 1.54) is 18.9 Å². The summed E-state index contributed by atoms with van der Waals surface area (Å²) in [5.74, 6) is -0.319. The first-order valence-corrected chi connectivity index (χ1v) is 13.2. The first-order valence-electron chi connectivity index (χ1n) is 13.2. The minimum absolute atomic E-state index is 0.0586. The van der Waals surface area contributed by atoms with Crippen LogP contribution in [0.4, 0.5) is 11.4 Å². The van der Waals surface area contributed by atoms with Gasteiger partial charge in [-0.2, -0.15) is 0 Å². The highest BCUT2D eigenvalue weighted by molar-refractivity contribution is 6.03. The standard InChI is InChI=1S/C31H37N5O2/c1-36-21-7-10-26(36)19-20-33-30(31(38)34-22-24-8-3-2-4-9-24)25-16-13-23(14-17-25)15-18-29(37)35-28-12-6-5-11-27(28)32/h2-6,8-9,11-18,26,30,33H,7,10,19-22,32H2,1H3,(H,34,38)(H,35,37). The molecular weight excluding hydrogens is 474 g/mol. The molecule has 0 radical (unpaired) electrons. The topological polar surface area (TPSA) is 99.5 Å². The fraction of sp³-hybridized carbons (Fsp3) is 0.290. The van der Waals surface area contributed by atoms with E-state index in [9.17, 15) is 9.59 Å². The summed E-state index contributed by atoms with van der Waals surface area (Å²) < 4.78 is 0. The number of amides is 2. The molecule has 3 aromatic carbocycles. The molecule has 1 aliphatic rings. The van der Waals surface area contributed by atoms with Crippen LogP contribution in [-0.2, 0) is 16.1 Å². The molecule has 1 aliphatic heterocycles. The zero-order valence-electron chi connectivity index (χ0n) is 21.9. The number of benzene rings is 3. The third-order valence-corrected chi connectivity index (χ3v) is 6.98. The number of hydrogen-bond acceptors (Lipinski definition) is 5. The third-order valence-electron chi connectivity index (χ3n) is 6.98. The molecule has 38 heavy (non-hydrogen) atoms. The number of nitrogens with one attached hydrogen (secondary N) is 3. The molecule has 4 rings (SSSR count). The van der Waals surface area contributed by atoms with Crippen molar-refractivity contribution in [3.8, 4) is 0 Å². The first kappa shape index (κ1) is 27.1. The largest absolute Gasteiger partial charge is 0.397 e. The average Bonchev–Trinajstić information content (AvgIpc) is 3.35. The van der Waals surface area contributed by atoms with E-state index < -0.39 is 6.04 Å². The molecule has 1 fully saturated rings. The van der Waals surface area contributed by atoms with Gasteiger partial charge in [-0.15, -0.1) is 0 Å².